The van der Waals surface area contributed by atoms with Crippen molar-refractivity contribution < 1.29 is 50.1 Å². The number of hydrogen-bond donors (Lipinski definition) is 0. The summed E-state index contributed by atoms with van der Waals surface area (Å²) in [6, 6.07) is 3.87. The topological polar surface area (TPSA) is 54.0 Å². The maximum Gasteiger partial charge on any atom is 0.439 e. The first-order valence-electron chi connectivity index (χ1n) is 9.23. The third-order valence-corrected chi connectivity index (χ3v) is 4.53. The predicted octanol–water partition coefficient (Wildman–Crippen LogP) is 4.69. The molecular formula is C19H22F6O5. The number of hydrogen-bond acceptors (Lipinski definition) is 5. The third-order valence-electron chi connectivity index (χ3n) is 4.53. The number of rotatable bonds is 9. The summed E-state index contributed by atoms with van der Waals surface area (Å²) < 4.78 is 95.3. The van der Waals surface area contributed by atoms with E-state index in [1.54, 1.807) is 7.11 Å². The summed E-state index contributed by atoms with van der Waals surface area (Å²) >= 11 is 0. The molecule has 5 nitrogen and oxygen atoms in total. The normalized spacial score (nSPS) is 21.2. The predicted molar refractivity (Wildman–Crippen MR) is 92.2 cm³/mol. The van der Waals surface area contributed by atoms with E-state index in [2.05, 4.69) is 4.74 Å². The van der Waals surface area contributed by atoms with Crippen molar-refractivity contribution >= 4 is 5.97 Å². The molecule has 1 saturated carbocycles. The minimum absolute atomic E-state index is 0.00162. The Balaban J connectivity index is 1.84. The van der Waals surface area contributed by atoms with E-state index in [9.17, 15) is 31.1 Å². The molecule has 1 aromatic rings. The Morgan fingerprint density at radius 3 is 2.10 bits per heavy atom. The van der Waals surface area contributed by atoms with E-state index in [1.807, 2.05) is 0 Å². The molecule has 1 aliphatic rings. The van der Waals surface area contributed by atoms with Crippen molar-refractivity contribution in [2.24, 2.45) is 5.92 Å². The van der Waals surface area contributed by atoms with Crippen molar-refractivity contribution in [3.05, 3.63) is 24.3 Å². The fourth-order valence-electron chi connectivity index (χ4n) is 2.94. The molecule has 0 heterocycles. The van der Waals surface area contributed by atoms with E-state index < -0.39 is 30.2 Å². The number of carbonyl (C=O) groups excluding carboxylic acids is 1. The van der Waals surface area contributed by atoms with E-state index in [0.29, 0.717) is 38.9 Å². The van der Waals surface area contributed by atoms with Crippen LogP contribution in [0.1, 0.15) is 25.7 Å². The second kappa shape index (κ2) is 10.3. The SMILES string of the molecule is COCCOC1CCC(C(=O)Oc2ccc(OC(F)(F)C(F)C(F)(F)F)cc2)CC1. The van der Waals surface area contributed by atoms with Gasteiger partial charge in [-0.3, -0.25) is 4.79 Å². The van der Waals surface area contributed by atoms with Gasteiger partial charge in [0.2, 0.25) is 0 Å². The largest absolute Gasteiger partial charge is 0.439 e. The molecule has 0 saturated heterocycles. The molecule has 0 amide bonds. The molecule has 0 aliphatic heterocycles. The van der Waals surface area contributed by atoms with Crippen LogP contribution in [0.5, 0.6) is 11.5 Å². The summed E-state index contributed by atoms with van der Waals surface area (Å²) in [5.74, 6) is -1.57. The van der Waals surface area contributed by atoms with Gasteiger partial charge in [-0.1, -0.05) is 0 Å². The fraction of sp³-hybridized carbons (Fsp3) is 0.632. The average molecular weight is 444 g/mol. The molecule has 30 heavy (non-hydrogen) atoms. The third kappa shape index (κ3) is 7.05. The number of ether oxygens (including phenoxy) is 4. The van der Waals surface area contributed by atoms with Gasteiger partial charge in [0.05, 0.1) is 25.2 Å². The molecule has 2 rings (SSSR count). The molecule has 1 fully saturated rings. The van der Waals surface area contributed by atoms with Gasteiger partial charge >= 0.3 is 18.3 Å². The Kier molecular flexibility index (Phi) is 8.36. The molecular weight excluding hydrogens is 422 g/mol. The molecule has 0 bridgehead atoms. The quantitative estimate of drug-likeness (QED) is 0.240. The van der Waals surface area contributed by atoms with E-state index in [0.717, 1.165) is 24.3 Å². The maximum atomic E-state index is 13.3. The van der Waals surface area contributed by atoms with Crippen molar-refractivity contribution in [3.8, 4) is 11.5 Å². The highest BCUT2D eigenvalue weighted by molar-refractivity contribution is 5.75. The highest BCUT2D eigenvalue weighted by atomic mass is 19.4. The van der Waals surface area contributed by atoms with Crippen molar-refractivity contribution in [3.63, 3.8) is 0 Å². The molecule has 1 aliphatic carbocycles. The first-order valence-corrected chi connectivity index (χ1v) is 9.23. The lowest BCUT2D eigenvalue weighted by Gasteiger charge is -2.27. The van der Waals surface area contributed by atoms with Crippen LogP contribution >= 0.6 is 0 Å². The zero-order valence-electron chi connectivity index (χ0n) is 16.1. The molecule has 11 heteroatoms. The molecule has 0 spiro atoms. The summed E-state index contributed by atoms with van der Waals surface area (Å²) in [7, 11) is 1.57. The minimum Gasteiger partial charge on any atom is -0.430 e. The van der Waals surface area contributed by atoms with Crippen molar-refractivity contribution in [2.45, 2.75) is 50.2 Å². The van der Waals surface area contributed by atoms with Gasteiger partial charge in [0.25, 0.3) is 6.17 Å². The first kappa shape index (κ1) is 24.3. The molecule has 0 aromatic heterocycles. The molecule has 1 unspecified atom stereocenters. The Hall–Kier alpha value is -2.01. The fourth-order valence-corrected chi connectivity index (χ4v) is 2.94. The molecule has 0 N–H and O–H groups in total. The van der Waals surface area contributed by atoms with Gasteiger partial charge in [0, 0.05) is 7.11 Å². The van der Waals surface area contributed by atoms with Crippen molar-refractivity contribution in [1.29, 1.82) is 0 Å². The Morgan fingerprint density at radius 2 is 1.57 bits per heavy atom. The molecule has 1 atom stereocenters. The van der Waals surface area contributed by atoms with Crippen LogP contribution in [0.3, 0.4) is 0 Å². The van der Waals surface area contributed by atoms with Crippen molar-refractivity contribution in [2.75, 3.05) is 20.3 Å². The number of benzene rings is 1. The molecule has 1 aromatic carbocycles. The lowest BCUT2D eigenvalue weighted by Crippen LogP contribution is -2.45. The summed E-state index contributed by atoms with van der Waals surface area (Å²) in [5, 5.41) is 0. The molecule has 170 valence electrons. The monoisotopic (exact) mass is 444 g/mol. The van der Waals surface area contributed by atoms with Crippen LogP contribution in [0.2, 0.25) is 0 Å². The van der Waals surface area contributed by atoms with Gasteiger partial charge in [0.15, 0.2) is 0 Å². The van der Waals surface area contributed by atoms with Gasteiger partial charge in [0.1, 0.15) is 11.5 Å². The van der Waals surface area contributed by atoms with Gasteiger partial charge in [-0.2, -0.15) is 22.0 Å². The van der Waals surface area contributed by atoms with Crippen LogP contribution in [0, 0.1) is 5.92 Å². The standard InChI is InChI=1S/C19H22F6O5/c1-27-10-11-28-13-4-2-12(3-5-13)16(26)29-14-6-8-15(9-7-14)30-19(24,25)17(20)18(21,22)23/h6-9,12-13,17H,2-5,10-11H2,1H3. The Labute approximate surface area is 169 Å². The molecule has 0 radical (unpaired) electrons. The van der Waals surface area contributed by atoms with E-state index in [-0.39, 0.29) is 17.8 Å². The lowest BCUT2D eigenvalue weighted by atomic mass is 9.87. The van der Waals surface area contributed by atoms with Crippen molar-refractivity contribution in [1.82, 2.24) is 0 Å². The van der Waals surface area contributed by atoms with Gasteiger partial charge in [-0.25, -0.2) is 4.39 Å². The number of carbonyl (C=O) groups is 1. The van der Waals surface area contributed by atoms with E-state index >= 15 is 0 Å². The highest BCUT2D eigenvalue weighted by Crippen LogP contribution is 2.37. The van der Waals surface area contributed by atoms with Crippen LogP contribution in [0.15, 0.2) is 24.3 Å². The van der Waals surface area contributed by atoms with Gasteiger partial charge in [-0.05, 0) is 49.9 Å². The number of halogens is 6. The highest BCUT2D eigenvalue weighted by Gasteiger charge is 2.59. The number of methoxy groups -OCH3 is 1. The second-order valence-corrected chi connectivity index (χ2v) is 6.80. The van der Waals surface area contributed by atoms with Crippen LogP contribution in [-0.4, -0.2) is 50.9 Å². The smallest absolute Gasteiger partial charge is 0.430 e. The Bertz CT molecular complexity index is 671. The van der Waals surface area contributed by atoms with Crippen LogP contribution in [0.4, 0.5) is 26.3 Å². The summed E-state index contributed by atoms with van der Waals surface area (Å²) in [4.78, 5) is 12.2. The van der Waals surface area contributed by atoms with Crippen LogP contribution in [0.25, 0.3) is 0 Å². The zero-order chi connectivity index (χ0) is 22.4. The van der Waals surface area contributed by atoms with Crippen LogP contribution < -0.4 is 9.47 Å². The van der Waals surface area contributed by atoms with Gasteiger partial charge in [-0.15, -0.1) is 0 Å². The minimum atomic E-state index is -5.77. The average Bonchev–Trinajstić information content (AvgIpc) is 2.68. The first-order chi connectivity index (χ1) is 14.0. The zero-order valence-corrected chi connectivity index (χ0v) is 16.1. The summed E-state index contributed by atoms with van der Waals surface area (Å²) in [6.45, 7) is 0.950. The van der Waals surface area contributed by atoms with E-state index in [4.69, 9.17) is 14.2 Å². The van der Waals surface area contributed by atoms with Crippen LogP contribution in [-0.2, 0) is 14.3 Å². The second-order valence-electron chi connectivity index (χ2n) is 6.80. The lowest BCUT2D eigenvalue weighted by molar-refractivity contribution is -0.305. The van der Waals surface area contributed by atoms with E-state index in [1.165, 1.54) is 0 Å². The van der Waals surface area contributed by atoms with Gasteiger partial charge < -0.3 is 18.9 Å². The Morgan fingerprint density at radius 1 is 1.00 bits per heavy atom. The number of alkyl halides is 6. The maximum absolute atomic E-state index is 13.3. The number of esters is 1. The summed E-state index contributed by atoms with van der Waals surface area (Å²) in [5.41, 5.74) is 0. The summed E-state index contributed by atoms with van der Waals surface area (Å²) in [6.07, 6.45) is -12.8.